The largest absolute Gasteiger partial charge is 0.396 e. The number of rotatable bonds is 8. The second kappa shape index (κ2) is 6.21. The van der Waals surface area contributed by atoms with Gasteiger partial charge in [-0.1, -0.05) is 13.8 Å². The van der Waals surface area contributed by atoms with Crippen molar-refractivity contribution in [3.63, 3.8) is 0 Å². The molecule has 1 aliphatic carbocycles. The minimum Gasteiger partial charge on any atom is -0.396 e. The van der Waals surface area contributed by atoms with Gasteiger partial charge in [-0.2, -0.15) is 0 Å². The van der Waals surface area contributed by atoms with Crippen molar-refractivity contribution < 1.29 is 9.90 Å². The maximum absolute atomic E-state index is 11.5. The van der Waals surface area contributed by atoms with Crippen LogP contribution in [-0.2, 0) is 4.79 Å². The third-order valence-corrected chi connectivity index (χ3v) is 2.90. The average Bonchev–Trinajstić information content (AvgIpc) is 3.05. The number of hydrogen-bond acceptors (Lipinski definition) is 3. The monoisotopic (exact) mass is 228 g/mol. The number of carbonyl (C=O) groups excluding carboxylic acids is 1. The van der Waals surface area contributed by atoms with Crippen molar-refractivity contribution in [3.8, 4) is 0 Å². The number of aliphatic hydroxyl groups is 1. The number of hydrogen-bond donors (Lipinski definition) is 3. The summed E-state index contributed by atoms with van der Waals surface area (Å²) in [5, 5.41) is 14.9. The zero-order chi connectivity index (χ0) is 12.0. The Balaban J connectivity index is 2.08. The molecular weight excluding hydrogens is 204 g/mol. The summed E-state index contributed by atoms with van der Waals surface area (Å²) >= 11 is 0. The van der Waals surface area contributed by atoms with Crippen LogP contribution < -0.4 is 10.6 Å². The minimum atomic E-state index is 0.0674. The second-order valence-corrected chi connectivity index (χ2v) is 5.42. The van der Waals surface area contributed by atoms with Gasteiger partial charge in [0.1, 0.15) is 0 Å². The van der Waals surface area contributed by atoms with Crippen LogP contribution in [0.1, 0.15) is 39.5 Å². The molecule has 1 fully saturated rings. The molecular formula is C12H24N2O2. The molecule has 0 aromatic rings. The van der Waals surface area contributed by atoms with Gasteiger partial charge in [0.25, 0.3) is 0 Å². The molecule has 0 aromatic carbocycles. The standard InChI is InChI=1S/C12H24N2O2/c1-12(2,6-3-7-15)9-14-11(16)8-13-10-4-5-10/h10,13,15H,3-9H2,1-2H3,(H,14,16). The number of amides is 1. The van der Waals surface area contributed by atoms with Crippen molar-refractivity contribution in [2.45, 2.75) is 45.6 Å². The first-order valence-corrected chi connectivity index (χ1v) is 6.14. The van der Waals surface area contributed by atoms with Crippen LogP contribution in [0, 0.1) is 5.41 Å². The molecule has 0 atom stereocenters. The molecule has 0 bridgehead atoms. The summed E-state index contributed by atoms with van der Waals surface area (Å²) in [5.41, 5.74) is 0.0674. The van der Waals surface area contributed by atoms with Gasteiger partial charge in [-0.15, -0.1) is 0 Å². The zero-order valence-electron chi connectivity index (χ0n) is 10.4. The molecule has 1 amide bonds. The summed E-state index contributed by atoms with van der Waals surface area (Å²) in [6, 6.07) is 0.577. The topological polar surface area (TPSA) is 61.4 Å². The first-order valence-electron chi connectivity index (χ1n) is 6.14. The van der Waals surface area contributed by atoms with Crippen LogP contribution in [0.3, 0.4) is 0 Å². The van der Waals surface area contributed by atoms with Crippen LogP contribution >= 0.6 is 0 Å². The van der Waals surface area contributed by atoms with Gasteiger partial charge in [-0.25, -0.2) is 0 Å². The molecule has 1 rings (SSSR count). The summed E-state index contributed by atoms with van der Waals surface area (Å²) in [4.78, 5) is 11.5. The van der Waals surface area contributed by atoms with E-state index in [1.807, 2.05) is 0 Å². The van der Waals surface area contributed by atoms with Crippen LogP contribution in [0.25, 0.3) is 0 Å². The van der Waals surface area contributed by atoms with Crippen LogP contribution in [0.15, 0.2) is 0 Å². The first-order chi connectivity index (χ1) is 7.53. The average molecular weight is 228 g/mol. The molecule has 0 heterocycles. The van der Waals surface area contributed by atoms with E-state index in [2.05, 4.69) is 24.5 Å². The Hall–Kier alpha value is -0.610. The molecule has 0 aromatic heterocycles. The Bertz CT molecular complexity index is 225. The minimum absolute atomic E-state index is 0.0674. The number of aliphatic hydroxyl groups excluding tert-OH is 1. The summed E-state index contributed by atoms with van der Waals surface area (Å²) in [6.07, 6.45) is 4.13. The quantitative estimate of drug-likeness (QED) is 0.572. The van der Waals surface area contributed by atoms with Crippen molar-refractivity contribution in [1.29, 1.82) is 0 Å². The fourth-order valence-electron chi connectivity index (χ4n) is 1.57. The van der Waals surface area contributed by atoms with Gasteiger partial charge in [0.05, 0.1) is 6.54 Å². The fraction of sp³-hybridized carbons (Fsp3) is 0.917. The maximum atomic E-state index is 11.5. The maximum Gasteiger partial charge on any atom is 0.233 e. The van der Waals surface area contributed by atoms with E-state index in [0.717, 1.165) is 12.8 Å². The van der Waals surface area contributed by atoms with Crippen LogP contribution in [0.5, 0.6) is 0 Å². The van der Waals surface area contributed by atoms with E-state index in [1.54, 1.807) is 0 Å². The molecule has 4 heteroatoms. The molecule has 3 N–H and O–H groups in total. The van der Waals surface area contributed by atoms with Crippen LogP contribution in [0.2, 0.25) is 0 Å². The lowest BCUT2D eigenvalue weighted by Crippen LogP contribution is -2.39. The van der Waals surface area contributed by atoms with E-state index in [1.165, 1.54) is 12.8 Å². The normalized spacial score (nSPS) is 16.2. The Labute approximate surface area is 97.8 Å². The predicted octanol–water partition coefficient (Wildman–Crippen LogP) is 0.653. The lowest BCUT2D eigenvalue weighted by molar-refractivity contribution is -0.120. The van der Waals surface area contributed by atoms with Crippen molar-refractivity contribution in [2.24, 2.45) is 5.41 Å². The molecule has 0 spiro atoms. The number of nitrogens with one attached hydrogen (secondary N) is 2. The van der Waals surface area contributed by atoms with Gasteiger partial charge < -0.3 is 15.7 Å². The molecule has 4 nitrogen and oxygen atoms in total. The third-order valence-electron chi connectivity index (χ3n) is 2.90. The highest BCUT2D eigenvalue weighted by atomic mass is 16.2. The van der Waals surface area contributed by atoms with Crippen LogP contribution in [0.4, 0.5) is 0 Å². The molecule has 1 saturated carbocycles. The molecule has 0 radical (unpaired) electrons. The van der Waals surface area contributed by atoms with Crippen molar-refractivity contribution in [2.75, 3.05) is 19.7 Å². The summed E-state index contributed by atoms with van der Waals surface area (Å²) in [7, 11) is 0. The van der Waals surface area contributed by atoms with Crippen molar-refractivity contribution >= 4 is 5.91 Å². The molecule has 0 saturated heterocycles. The van der Waals surface area contributed by atoms with Gasteiger partial charge in [0.15, 0.2) is 0 Å². The van der Waals surface area contributed by atoms with Gasteiger partial charge in [0, 0.05) is 19.2 Å². The Kier molecular flexibility index (Phi) is 5.22. The van der Waals surface area contributed by atoms with E-state index < -0.39 is 0 Å². The second-order valence-electron chi connectivity index (χ2n) is 5.42. The smallest absolute Gasteiger partial charge is 0.233 e. The first kappa shape index (κ1) is 13.5. The zero-order valence-corrected chi connectivity index (χ0v) is 10.4. The highest BCUT2D eigenvalue weighted by molar-refractivity contribution is 5.78. The van der Waals surface area contributed by atoms with Gasteiger partial charge >= 0.3 is 0 Å². The third kappa shape index (κ3) is 6.08. The summed E-state index contributed by atoms with van der Waals surface area (Å²) < 4.78 is 0. The van der Waals surface area contributed by atoms with Crippen LogP contribution in [-0.4, -0.2) is 36.8 Å². The van der Waals surface area contributed by atoms with Gasteiger partial charge in [-0.3, -0.25) is 4.79 Å². The highest BCUT2D eigenvalue weighted by Gasteiger charge is 2.22. The molecule has 1 aliphatic rings. The fourth-order valence-corrected chi connectivity index (χ4v) is 1.57. The Morgan fingerprint density at radius 1 is 1.44 bits per heavy atom. The highest BCUT2D eigenvalue weighted by Crippen LogP contribution is 2.20. The molecule has 0 aliphatic heterocycles. The van der Waals surface area contributed by atoms with E-state index >= 15 is 0 Å². The molecule has 16 heavy (non-hydrogen) atoms. The number of carbonyl (C=O) groups is 1. The van der Waals surface area contributed by atoms with E-state index in [4.69, 9.17) is 5.11 Å². The van der Waals surface area contributed by atoms with Gasteiger partial charge in [-0.05, 0) is 31.1 Å². The lowest BCUT2D eigenvalue weighted by Gasteiger charge is -2.24. The SMILES string of the molecule is CC(C)(CCCO)CNC(=O)CNC1CC1. The van der Waals surface area contributed by atoms with Crippen molar-refractivity contribution in [3.05, 3.63) is 0 Å². The van der Waals surface area contributed by atoms with Crippen molar-refractivity contribution in [1.82, 2.24) is 10.6 Å². The Morgan fingerprint density at radius 3 is 2.69 bits per heavy atom. The predicted molar refractivity (Wildman–Crippen MR) is 64.1 cm³/mol. The lowest BCUT2D eigenvalue weighted by atomic mass is 9.88. The molecule has 94 valence electrons. The van der Waals surface area contributed by atoms with E-state index in [-0.39, 0.29) is 17.9 Å². The Morgan fingerprint density at radius 2 is 2.12 bits per heavy atom. The summed E-state index contributed by atoms with van der Waals surface area (Å²) in [5.74, 6) is 0.0731. The van der Waals surface area contributed by atoms with Gasteiger partial charge in [0.2, 0.25) is 5.91 Å². The van der Waals surface area contributed by atoms with E-state index in [0.29, 0.717) is 19.1 Å². The summed E-state index contributed by atoms with van der Waals surface area (Å²) in [6.45, 7) is 5.55. The molecule has 0 unspecified atom stereocenters. The van der Waals surface area contributed by atoms with E-state index in [9.17, 15) is 4.79 Å².